The van der Waals surface area contributed by atoms with Gasteiger partial charge in [0.2, 0.25) is 0 Å². The third-order valence-corrected chi connectivity index (χ3v) is 3.50. The summed E-state index contributed by atoms with van der Waals surface area (Å²) in [5.74, 6) is -0.967. The number of benzene rings is 1. The van der Waals surface area contributed by atoms with Crippen molar-refractivity contribution in [3.05, 3.63) is 47.6 Å². The van der Waals surface area contributed by atoms with Crippen LogP contribution in [0.1, 0.15) is 9.67 Å². The number of thiazole rings is 1. The maximum atomic E-state index is 10.8. The zero-order valence-corrected chi connectivity index (χ0v) is 10.5. The number of carbonyl (C=O) groups is 1. The first-order valence-electron chi connectivity index (χ1n) is 5.54. The number of aromatic carboxylic acids is 1. The number of carboxylic acids is 1. The maximum Gasteiger partial charge on any atom is 0.347 e. The van der Waals surface area contributed by atoms with E-state index in [1.807, 2.05) is 30.3 Å². The summed E-state index contributed by atoms with van der Waals surface area (Å²) in [5.41, 5.74) is 1.74. The topological polar surface area (TPSA) is 75.1 Å². The lowest BCUT2D eigenvalue weighted by atomic mass is 10.2. The lowest BCUT2D eigenvalue weighted by Crippen LogP contribution is -1.91. The molecule has 0 saturated carbocycles. The zero-order valence-electron chi connectivity index (χ0n) is 9.70. The van der Waals surface area contributed by atoms with E-state index in [9.17, 15) is 4.79 Å². The van der Waals surface area contributed by atoms with E-state index in [0.29, 0.717) is 5.13 Å². The highest BCUT2D eigenvalue weighted by molar-refractivity contribution is 7.17. The highest BCUT2D eigenvalue weighted by Crippen LogP contribution is 2.27. The fourth-order valence-electron chi connectivity index (χ4n) is 1.76. The first-order valence-corrected chi connectivity index (χ1v) is 6.35. The predicted molar refractivity (Wildman–Crippen MR) is 74.1 cm³/mol. The molecular weight excluding hydrogens is 262 g/mol. The summed E-state index contributed by atoms with van der Waals surface area (Å²) in [7, 11) is 0. The van der Waals surface area contributed by atoms with Crippen molar-refractivity contribution in [1.82, 2.24) is 9.97 Å². The molecule has 0 radical (unpaired) electrons. The Bertz CT molecular complexity index is 749. The highest BCUT2D eigenvalue weighted by atomic mass is 32.1. The number of fused-ring (bicyclic) bond motifs is 1. The molecule has 2 N–H and O–H groups in total. The van der Waals surface area contributed by atoms with Crippen LogP contribution in [0, 0.1) is 0 Å². The fourth-order valence-corrected chi connectivity index (χ4v) is 2.43. The molecule has 0 aliphatic carbocycles. The van der Waals surface area contributed by atoms with Gasteiger partial charge in [-0.2, -0.15) is 0 Å². The second-order valence-corrected chi connectivity index (χ2v) is 4.87. The summed E-state index contributed by atoms with van der Waals surface area (Å²) >= 11 is 1.10. The Labute approximate surface area is 112 Å². The van der Waals surface area contributed by atoms with Crippen molar-refractivity contribution in [2.75, 3.05) is 5.32 Å². The van der Waals surface area contributed by atoms with Gasteiger partial charge >= 0.3 is 5.97 Å². The highest BCUT2D eigenvalue weighted by Gasteiger charge is 2.09. The van der Waals surface area contributed by atoms with Crippen molar-refractivity contribution in [2.45, 2.75) is 0 Å². The number of pyridine rings is 1. The van der Waals surface area contributed by atoms with Crippen molar-refractivity contribution in [2.24, 2.45) is 0 Å². The molecule has 1 aromatic carbocycles. The monoisotopic (exact) mass is 271 g/mol. The van der Waals surface area contributed by atoms with Gasteiger partial charge in [-0.15, -0.1) is 0 Å². The fraction of sp³-hybridized carbons (Fsp3) is 0. The summed E-state index contributed by atoms with van der Waals surface area (Å²) in [5, 5.41) is 13.5. The molecule has 6 heteroatoms. The van der Waals surface area contributed by atoms with Crippen LogP contribution in [0.4, 0.5) is 10.8 Å². The summed E-state index contributed by atoms with van der Waals surface area (Å²) < 4.78 is 0. The van der Waals surface area contributed by atoms with Gasteiger partial charge in [0.05, 0.1) is 11.7 Å². The van der Waals surface area contributed by atoms with E-state index in [1.165, 1.54) is 6.20 Å². The van der Waals surface area contributed by atoms with Gasteiger partial charge in [0.25, 0.3) is 0 Å². The van der Waals surface area contributed by atoms with Gasteiger partial charge in [0.1, 0.15) is 4.88 Å². The SMILES string of the molecule is O=C(O)c1cnc(Nc2cccc3ncccc23)s1. The van der Waals surface area contributed by atoms with Crippen LogP contribution in [-0.2, 0) is 0 Å². The Morgan fingerprint density at radius 3 is 2.89 bits per heavy atom. The molecule has 0 fully saturated rings. The molecule has 3 rings (SSSR count). The van der Waals surface area contributed by atoms with Crippen LogP contribution in [0.25, 0.3) is 10.9 Å². The van der Waals surface area contributed by atoms with Gasteiger partial charge in [-0.3, -0.25) is 4.98 Å². The summed E-state index contributed by atoms with van der Waals surface area (Å²) in [6, 6.07) is 9.54. The molecule has 0 bridgehead atoms. The van der Waals surface area contributed by atoms with Crippen LogP contribution >= 0.6 is 11.3 Å². The molecular formula is C13H9N3O2S. The van der Waals surface area contributed by atoms with E-state index in [0.717, 1.165) is 27.9 Å². The average molecular weight is 271 g/mol. The smallest absolute Gasteiger partial charge is 0.347 e. The lowest BCUT2D eigenvalue weighted by Gasteiger charge is -2.06. The Morgan fingerprint density at radius 2 is 2.11 bits per heavy atom. The molecule has 94 valence electrons. The molecule has 0 unspecified atom stereocenters. The molecule has 0 atom stereocenters. The Balaban J connectivity index is 1.98. The zero-order chi connectivity index (χ0) is 13.2. The number of carboxylic acid groups (broad SMARTS) is 1. The third-order valence-electron chi connectivity index (χ3n) is 2.60. The van der Waals surface area contributed by atoms with Gasteiger partial charge < -0.3 is 10.4 Å². The quantitative estimate of drug-likeness (QED) is 0.765. The molecule has 19 heavy (non-hydrogen) atoms. The average Bonchev–Trinajstić information content (AvgIpc) is 2.88. The van der Waals surface area contributed by atoms with E-state index in [-0.39, 0.29) is 4.88 Å². The van der Waals surface area contributed by atoms with Crippen molar-refractivity contribution < 1.29 is 9.90 Å². The predicted octanol–water partition coefficient (Wildman–Crippen LogP) is 3.13. The van der Waals surface area contributed by atoms with Crippen molar-refractivity contribution in [1.29, 1.82) is 0 Å². The second-order valence-electron chi connectivity index (χ2n) is 3.84. The molecule has 5 nitrogen and oxygen atoms in total. The Morgan fingerprint density at radius 1 is 1.21 bits per heavy atom. The normalized spacial score (nSPS) is 10.5. The number of nitrogens with zero attached hydrogens (tertiary/aromatic N) is 2. The number of rotatable bonds is 3. The van der Waals surface area contributed by atoms with E-state index in [1.54, 1.807) is 6.20 Å². The largest absolute Gasteiger partial charge is 0.477 e. The molecule has 0 aliphatic rings. The van der Waals surface area contributed by atoms with Crippen LogP contribution < -0.4 is 5.32 Å². The maximum absolute atomic E-state index is 10.8. The number of anilines is 2. The van der Waals surface area contributed by atoms with Gasteiger partial charge in [-0.1, -0.05) is 17.4 Å². The Kier molecular flexibility index (Phi) is 2.85. The summed E-state index contributed by atoms with van der Waals surface area (Å²) in [6.45, 7) is 0. The van der Waals surface area contributed by atoms with Gasteiger partial charge in [-0.25, -0.2) is 9.78 Å². The molecule has 0 saturated heterocycles. The number of hydrogen-bond donors (Lipinski definition) is 2. The number of aromatic nitrogens is 2. The van der Waals surface area contributed by atoms with Gasteiger partial charge in [0, 0.05) is 17.3 Å². The first-order chi connectivity index (χ1) is 9.24. The van der Waals surface area contributed by atoms with Gasteiger partial charge in [0.15, 0.2) is 5.13 Å². The van der Waals surface area contributed by atoms with E-state index >= 15 is 0 Å². The molecule has 2 heterocycles. The van der Waals surface area contributed by atoms with Crippen LogP contribution in [0.3, 0.4) is 0 Å². The molecule has 0 amide bonds. The van der Waals surface area contributed by atoms with Crippen LogP contribution in [-0.4, -0.2) is 21.0 Å². The second kappa shape index (κ2) is 4.66. The number of nitrogens with one attached hydrogen (secondary N) is 1. The lowest BCUT2D eigenvalue weighted by molar-refractivity contribution is 0.0702. The van der Waals surface area contributed by atoms with Crippen LogP contribution in [0.15, 0.2) is 42.7 Å². The molecule has 2 aromatic heterocycles. The third kappa shape index (κ3) is 2.25. The van der Waals surface area contributed by atoms with Crippen molar-refractivity contribution in [3.8, 4) is 0 Å². The van der Waals surface area contributed by atoms with E-state index in [4.69, 9.17) is 5.11 Å². The molecule has 0 spiro atoms. The van der Waals surface area contributed by atoms with Gasteiger partial charge in [-0.05, 0) is 24.3 Å². The minimum Gasteiger partial charge on any atom is -0.477 e. The minimum atomic E-state index is -0.967. The van der Waals surface area contributed by atoms with Crippen molar-refractivity contribution >= 4 is 39.0 Å². The Hall–Kier alpha value is -2.47. The van der Waals surface area contributed by atoms with E-state index < -0.39 is 5.97 Å². The first kappa shape index (κ1) is 11.6. The standard InChI is InChI=1S/C13H9N3O2S/c17-12(18)11-7-15-13(19-11)16-10-5-1-4-9-8(10)3-2-6-14-9/h1-7H,(H,15,16)(H,17,18). The molecule has 0 aliphatic heterocycles. The van der Waals surface area contributed by atoms with Crippen molar-refractivity contribution in [3.63, 3.8) is 0 Å². The van der Waals surface area contributed by atoms with Crippen LogP contribution in [0.5, 0.6) is 0 Å². The summed E-state index contributed by atoms with van der Waals surface area (Å²) in [6.07, 6.45) is 3.08. The van der Waals surface area contributed by atoms with Crippen LogP contribution in [0.2, 0.25) is 0 Å². The molecule has 3 aromatic rings. The summed E-state index contributed by atoms with van der Waals surface area (Å²) in [4.78, 5) is 19.3. The number of hydrogen-bond acceptors (Lipinski definition) is 5. The minimum absolute atomic E-state index is 0.209. The van der Waals surface area contributed by atoms with E-state index in [2.05, 4.69) is 15.3 Å².